The molecular formula is C59H88N2O16. The molecule has 430 valence electrons. The first-order chi connectivity index (χ1) is 36.4. The van der Waals surface area contributed by atoms with Gasteiger partial charge in [0, 0.05) is 61.6 Å². The van der Waals surface area contributed by atoms with Crippen molar-refractivity contribution >= 4 is 23.2 Å². The molecule has 2 bridgehead atoms. The number of ketones is 2. The van der Waals surface area contributed by atoms with Gasteiger partial charge in [-0.15, -0.1) is 0 Å². The summed E-state index contributed by atoms with van der Waals surface area (Å²) in [6.07, 6.45) is 10.1. The molecule has 2 fully saturated rings. The summed E-state index contributed by atoms with van der Waals surface area (Å²) in [6, 6.07) is 5.44. The molecule has 2 saturated heterocycles. The third-order valence-corrected chi connectivity index (χ3v) is 14.6. The third-order valence-electron chi connectivity index (χ3n) is 14.6. The number of ether oxygens (including phenoxy) is 4. The van der Waals surface area contributed by atoms with Crippen molar-refractivity contribution in [2.24, 2.45) is 29.4 Å². The fraction of sp³-hybridized carbons (Fsp3) is 0.610. The Labute approximate surface area is 454 Å². The smallest absolute Gasteiger partial charge is 0.308 e. The van der Waals surface area contributed by atoms with Crippen molar-refractivity contribution in [2.75, 3.05) is 5.73 Å². The lowest BCUT2D eigenvalue weighted by atomic mass is 9.83. The van der Waals surface area contributed by atoms with Crippen molar-refractivity contribution in [3.05, 3.63) is 115 Å². The average molecular weight is 1080 g/mol. The largest absolute Gasteiger partial charge is 0.461 e. The molecule has 4 rings (SSSR count). The molecule has 0 aliphatic carbocycles. The second-order valence-corrected chi connectivity index (χ2v) is 21.6. The van der Waals surface area contributed by atoms with Crippen LogP contribution in [0.15, 0.2) is 109 Å². The Morgan fingerprint density at radius 2 is 1.34 bits per heavy atom. The number of aliphatic hydroxyl groups excluding tert-OH is 8. The summed E-state index contributed by atoms with van der Waals surface area (Å²) >= 11 is 0. The minimum absolute atomic E-state index is 0.0187. The van der Waals surface area contributed by atoms with Gasteiger partial charge in [-0.1, -0.05) is 113 Å². The molecule has 3 heterocycles. The molecule has 19 atom stereocenters. The van der Waals surface area contributed by atoms with E-state index in [-0.39, 0.29) is 93.5 Å². The number of rotatable bonds is 9. The summed E-state index contributed by atoms with van der Waals surface area (Å²) in [7, 11) is 0. The van der Waals surface area contributed by atoms with E-state index in [1.54, 1.807) is 68.5 Å². The van der Waals surface area contributed by atoms with E-state index >= 15 is 0 Å². The highest BCUT2D eigenvalue weighted by molar-refractivity contribution is 5.96. The second-order valence-electron chi connectivity index (χ2n) is 21.6. The molecule has 0 aromatic heterocycles. The van der Waals surface area contributed by atoms with Crippen molar-refractivity contribution < 1.29 is 79.3 Å². The molecule has 13 N–H and O–H groups in total. The Balaban J connectivity index is 1.51. The second kappa shape index (κ2) is 32.5. The molecule has 0 radical (unpaired) electrons. The summed E-state index contributed by atoms with van der Waals surface area (Å²) in [5.41, 5.74) is 12.8. The van der Waals surface area contributed by atoms with Crippen molar-refractivity contribution in [1.82, 2.24) is 0 Å². The van der Waals surface area contributed by atoms with Crippen molar-refractivity contribution in [1.29, 1.82) is 0 Å². The predicted molar refractivity (Wildman–Crippen MR) is 291 cm³/mol. The van der Waals surface area contributed by atoms with E-state index in [0.717, 1.165) is 0 Å². The first-order valence-electron chi connectivity index (χ1n) is 27.1. The Morgan fingerprint density at radius 1 is 0.753 bits per heavy atom. The summed E-state index contributed by atoms with van der Waals surface area (Å²) in [5.74, 6) is -4.70. The van der Waals surface area contributed by atoms with Crippen LogP contribution in [0, 0.1) is 23.7 Å². The molecular weight excluding hydrogens is 993 g/mol. The van der Waals surface area contributed by atoms with Crippen LogP contribution in [0.1, 0.15) is 122 Å². The monoisotopic (exact) mass is 1080 g/mol. The van der Waals surface area contributed by atoms with Crippen LogP contribution in [0.3, 0.4) is 0 Å². The number of cyclic esters (lactones) is 1. The summed E-state index contributed by atoms with van der Waals surface area (Å²) < 4.78 is 24.2. The highest BCUT2D eigenvalue weighted by Crippen LogP contribution is 2.38. The maximum atomic E-state index is 13.4. The van der Waals surface area contributed by atoms with E-state index in [1.807, 2.05) is 75.5 Å². The number of allylic oxidation sites excluding steroid dienone is 12. The lowest BCUT2D eigenvalue weighted by Crippen LogP contribution is -2.61. The van der Waals surface area contributed by atoms with Crippen molar-refractivity contribution in [2.45, 2.75) is 203 Å². The van der Waals surface area contributed by atoms with Gasteiger partial charge in [0.25, 0.3) is 0 Å². The zero-order valence-electron chi connectivity index (χ0n) is 45.3. The number of carbonyl (C=O) groups excluding carboxylic acids is 3. The summed E-state index contributed by atoms with van der Waals surface area (Å²) in [5, 5.41) is 98.6. The number of carbonyl (C=O) groups is 3. The normalized spacial score (nSPS) is 35.7. The Kier molecular flexibility index (Phi) is 27.5. The van der Waals surface area contributed by atoms with Crippen molar-refractivity contribution in [3.8, 4) is 0 Å². The van der Waals surface area contributed by atoms with Crippen LogP contribution in [0.25, 0.3) is 0 Å². The van der Waals surface area contributed by atoms with Crippen molar-refractivity contribution in [3.63, 3.8) is 0 Å². The van der Waals surface area contributed by atoms with Gasteiger partial charge < -0.3 is 76.4 Å². The maximum absolute atomic E-state index is 13.4. The number of Topliss-reactive ketones (excluding diaryl/α,β-unsaturated/α-hetero) is 2. The van der Waals surface area contributed by atoms with E-state index in [2.05, 4.69) is 0 Å². The SMILES string of the molecule is CC1C=CC=CC=CC=CC=CC=CC=CC(O[C@@H]2O[C@H](C)[C@@H](O)[C@H](N)[C@@H]2O)CC2OC(O)(CC(O)CC(O)CC(O)CC(=O)CCCC(O)CC(=O)OC1C(C)CC(C)C(O)CC(=O)c1ccc(N)cc1)CC(O)C2C. The lowest BCUT2D eigenvalue weighted by molar-refractivity contribution is -0.308. The average Bonchev–Trinajstić information content (AvgIpc) is 3.35. The molecule has 77 heavy (non-hydrogen) atoms. The number of hydrogen-bond acceptors (Lipinski definition) is 18. The fourth-order valence-electron chi connectivity index (χ4n) is 9.98. The zero-order chi connectivity index (χ0) is 56.8. The summed E-state index contributed by atoms with van der Waals surface area (Å²) in [4.78, 5) is 39.2. The first kappa shape index (κ1) is 65.0. The van der Waals surface area contributed by atoms with Crippen LogP contribution in [0.4, 0.5) is 5.69 Å². The zero-order valence-corrected chi connectivity index (χ0v) is 45.3. The number of benzene rings is 1. The number of nitrogens with two attached hydrogens (primary N) is 2. The van der Waals surface area contributed by atoms with Crippen LogP contribution >= 0.6 is 0 Å². The number of aliphatic hydroxyl groups is 9. The van der Waals surface area contributed by atoms with E-state index in [0.29, 0.717) is 17.7 Å². The molecule has 18 heteroatoms. The maximum Gasteiger partial charge on any atom is 0.308 e. The quantitative estimate of drug-likeness (QED) is 0.0921. The van der Waals surface area contributed by atoms with Gasteiger partial charge in [0.2, 0.25) is 0 Å². The number of hydrogen-bond donors (Lipinski definition) is 11. The molecule has 3 aliphatic heterocycles. The van der Waals surface area contributed by atoms with Gasteiger partial charge in [0.05, 0.1) is 73.5 Å². The van der Waals surface area contributed by atoms with E-state index in [9.17, 15) is 60.3 Å². The van der Waals surface area contributed by atoms with Crippen LogP contribution < -0.4 is 11.5 Å². The van der Waals surface area contributed by atoms with Gasteiger partial charge >= 0.3 is 5.97 Å². The van der Waals surface area contributed by atoms with Crippen LogP contribution in [-0.4, -0.2) is 155 Å². The number of esters is 1. The van der Waals surface area contributed by atoms with Gasteiger partial charge in [0.1, 0.15) is 18.0 Å². The molecule has 14 unspecified atom stereocenters. The number of fused-ring (bicyclic) bond motifs is 2. The van der Waals surface area contributed by atoms with Crippen LogP contribution in [-0.2, 0) is 28.5 Å². The fourth-order valence-corrected chi connectivity index (χ4v) is 9.98. The molecule has 1 aromatic carbocycles. The minimum Gasteiger partial charge on any atom is -0.461 e. The molecule has 0 amide bonds. The van der Waals surface area contributed by atoms with Gasteiger partial charge in [-0.05, 0) is 75.1 Å². The lowest BCUT2D eigenvalue weighted by Gasteiger charge is -2.45. The van der Waals surface area contributed by atoms with E-state index in [4.69, 9.17) is 30.4 Å². The Morgan fingerprint density at radius 3 is 1.96 bits per heavy atom. The number of nitrogen functional groups attached to an aromatic ring is 1. The Bertz CT molecular complexity index is 2180. The van der Waals surface area contributed by atoms with E-state index < -0.39 is 110 Å². The molecule has 0 spiro atoms. The molecule has 1 aromatic rings. The van der Waals surface area contributed by atoms with E-state index in [1.165, 1.54) is 0 Å². The van der Waals surface area contributed by atoms with Gasteiger partial charge in [-0.2, -0.15) is 0 Å². The highest BCUT2D eigenvalue weighted by atomic mass is 16.7. The van der Waals surface area contributed by atoms with Gasteiger partial charge in [-0.3, -0.25) is 14.4 Å². The summed E-state index contributed by atoms with van der Waals surface area (Å²) in [6.45, 7) is 8.99. The third kappa shape index (κ3) is 22.6. The standard InChI is InChI=1S/C59H88N2O16/c1-36-19-16-14-12-10-8-6-7-9-11-13-15-17-22-48(75-58-56(72)54(61)55(71)40(5)74-58)32-52-39(4)51(69)35-59(73,77-52)34-47(66)30-46(65)29-45(64)28-43(62)20-18-21-44(63)31-53(70)76-57(36)38(3)27-37(2)49(67)33-50(68)41-23-25-42(60)26-24-41/h6-17,19,22-26,36-40,44-49,51-52,54-58,63-67,69,71-73H,18,20-21,27-35,60-61H2,1-5H3/t36?,37?,38?,39?,40-,44?,45?,46?,47?,48?,49?,51?,52?,54+,55-,56+,57?,58+,59?/m1/s1. The first-order valence-corrected chi connectivity index (χ1v) is 27.1. The van der Waals surface area contributed by atoms with Gasteiger partial charge in [0.15, 0.2) is 17.9 Å². The number of anilines is 1. The highest BCUT2D eigenvalue weighted by Gasteiger charge is 2.47. The minimum atomic E-state index is -2.04. The molecule has 0 saturated carbocycles. The molecule has 3 aliphatic rings. The van der Waals surface area contributed by atoms with Crippen LogP contribution in [0.5, 0.6) is 0 Å². The molecule has 18 nitrogen and oxygen atoms in total. The topological polar surface area (TPSA) is 322 Å². The predicted octanol–water partition coefficient (Wildman–Crippen LogP) is 4.50. The van der Waals surface area contributed by atoms with Crippen LogP contribution in [0.2, 0.25) is 0 Å². The van der Waals surface area contributed by atoms with Gasteiger partial charge in [-0.25, -0.2) is 0 Å². The Hall–Kier alpha value is -4.51.